The van der Waals surface area contributed by atoms with Gasteiger partial charge in [-0.1, -0.05) is 13.8 Å². The summed E-state index contributed by atoms with van der Waals surface area (Å²) in [5, 5.41) is 0. The second-order valence-electron chi connectivity index (χ2n) is 6.45. The Hall–Kier alpha value is -1.10. The first-order chi connectivity index (χ1) is 9.97. The molecule has 2 N–H and O–H groups in total. The zero-order valence-corrected chi connectivity index (χ0v) is 13.6. The molecule has 1 aliphatic heterocycles. The number of rotatable bonds is 7. The molecule has 0 aromatic carbocycles. The van der Waals surface area contributed by atoms with Crippen LogP contribution in [0, 0.1) is 11.8 Å². The number of amides is 1. The number of hydrogen-bond acceptors (Lipinski definition) is 4. The van der Waals surface area contributed by atoms with Gasteiger partial charge in [-0.3, -0.25) is 9.59 Å². The van der Waals surface area contributed by atoms with Crippen LogP contribution in [0.5, 0.6) is 0 Å². The van der Waals surface area contributed by atoms with E-state index in [1.165, 1.54) is 7.11 Å². The summed E-state index contributed by atoms with van der Waals surface area (Å²) < 4.78 is 4.74. The molecule has 0 spiro atoms. The first-order valence-corrected chi connectivity index (χ1v) is 8.04. The number of hydrogen-bond donors (Lipinski definition) is 1. The summed E-state index contributed by atoms with van der Waals surface area (Å²) in [7, 11) is 1.39. The molecule has 1 saturated heterocycles. The van der Waals surface area contributed by atoms with Gasteiger partial charge in [-0.2, -0.15) is 0 Å². The largest absolute Gasteiger partial charge is 0.469 e. The van der Waals surface area contributed by atoms with Crippen LogP contribution < -0.4 is 5.73 Å². The molecule has 1 fully saturated rings. The van der Waals surface area contributed by atoms with Gasteiger partial charge in [0.1, 0.15) is 0 Å². The standard InChI is InChI=1S/C16H30N2O3/c1-12(2)8-13(11-17)9-15(19)18-7-5-4-6-14(18)10-16(20)21-3/h12-14H,4-11,17H2,1-3H3. The minimum absolute atomic E-state index is 0.00354. The van der Waals surface area contributed by atoms with Crippen LogP contribution in [-0.2, 0) is 14.3 Å². The molecular weight excluding hydrogens is 268 g/mol. The Bertz CT molecular complexity index is 344. The third kappa shape index (κ3) is 6.04. The minimum Gasteiger partial charge on any atom is -0.469 e. The van der Waals surface area contributed by atoms with E-state index in [0.29, 0.717) is 25.3 Å². The fourth-order valence-electron chi connectivity index (χ4n) is 3.11. The van der Waals surface area contributed by atoms with Gasteiger partial charge in [0, 0.05) is 19.0 Å². The third-order valence-electron chi connectivity index (χ3n) is 4.18. The van der Waals surface area contributed by atoms with Crippen LogP contribution in [-0.4, -0.2) is 43.0 Å². The molecule has 2 unspecified atom stereocenters. The molecule has 0 aliphatic carbocycles. The highest BCUT2D eigenvalue weighted by molar-refractivity contribution is 5.78. The van der Waals surface area contributed by atoms with Crippen molar-refractivity contribution in [3.05, 3.63) is 0 Å². The lowest BCUT2D eigenvalue weighted by Crippen LogP contribution is -2.45. The third-order valence-corrected chi connectivity index (χ3v) is 4.18. The molecule has 1 amide bonds. The second-order valence-corrected chi connectivity index (χ2v) is 6.45. The first kappa shape index (κ1) is 18.0. The van der Waals surface area contributed by atoms with E-state index in [2.05, 4.69) is 13.8 Å². The molecule has 0 aromatic rings. The predicted molar refractivity (Wildman–Crippen MR) is 82.6 cm³/mol. The molecule has 0 radical (unpaired) electrons. The van der Waals surface area contributed by atoms with Crippen LogP contribution in [0.4, 0.5) is 0 Å². The zero-order valence-electron chi connectivity index (χ0n) is 13.6. The Morgan fingerprint density at radius 3 is 2.62 bits per heavy atom. The van der Waals surface area contributed by atoms with Gasteiger partial charge in [0.05, 0.1) is 13.5 Å². The van der Waals surface area contributed by atoms with E-state index in [9.17, 15) is 9.59 Å². The van der Waals surface area contributed by atoms with E-state index >= 15 is 0 Å². The number of carbonyl (C=O) groups excluding carboxylic acids is 2. The highest BCUT2D eigenvalue weighted by Crippen LogP contribution is 2.23. The Kier molecular flexibility index (Phi) is 7.72. The Balaban J connectivity index is 2.61. The van der Waals surface area contributed by atoms with Crippen molar-refractivity contribution in [1.29, 1.82) is 0 Å². The van der Waals surface area contributed by atoms with E-state index in [-0.39, 0.29) is 23.8 Å². The quantitative estimate of drug-likeness (QED) is 0.729. The lowest BCUT2D eigenvalue weighted by Gasteiger charge is -2.36. The fourth-order valence-corrected chi connectivity index (χ4v) is 3.11. The number of likely N-dealkylation sites (tertiary alicyclic amines) is 1. The number of ether oxygens (including phenoxy) is 1. The van der Waals surface area contributed by atoms with Gasteiger partial charge in [-0.25, -0.2) is 0 Å². The molecule has 0 saturated carbocycles. The second kappa shape index (κ2) is 9.03. The summed E-state index contributed by atoms with van der Waals surface area (Å²) in [4.78, 5) is 25.9. The van der Waals surface area contributed by atoms with Gasteiger partial charge in [0.15, 0.2) is 0 Å². The van der Waals surface area contributed by atoms with Crippen molar-refractivity contribution in [1.82, 2.24) is 4.90 Å². The van der Waals surface area contributed by atoms with Gasteiger partial charge < -0.3 is 15.4 Å². The van der Waals surface area contributed by atoms with Gasteiger partial charge >= 0.3 is 5.97 Å². The van der Waals surface area contributed by atoms with Crippen molar-refractivity contribution >= 4 is 11.9 Å². The summed E-state index contributed by atoms with van der Waals surface area (Å²) in [6.07, 6.45) is 4.74. The van der Waals surface area contributed by atoms with Gasteiger partial charge in [-0.05, 0) is 44.1 Å². The minimum atomic E-state index is -0.239. The highest BCUT2D eigenvalue weighted by Gasteiger charge is 2.29. The summed E-state index contributed by atoms with van der Waals surface area (Å²) in [5.41, 5.74) is 5.79. The molecule has 5 nitrogen and oxygen atoms in total. The maximum atomic E-state index is 12.5. The molecule has 1 rings (SSSR count). The Morgan fingerprint density at radius 1 is 1.33 bits per heavy atom. The first-order valence-electron chi connectivity index (χ1n) is 8.04. The van der Waals surface area contributed by atoms with E-state index in [1.54, 1.807) is 0 Å². The molecule has 1 heterocycles. The number of piperidine rings is 1. The number of esters is 1. The summed E-state index contributed by atoms with van der Waals surface area (Å²) in [6.45, 7) is 5.58. The number of methoxy groups -OCH3 is 1. The SMILES string of the molecule is COC(=O)CC1CCCCN1C(=O)CC(CN)CC(C)C. The summed E-state index contributed by atoms with van der Waals surface area (Å²) >= 11 is 0. The fraction of sp³-hybridized carbons (Fsp3) is 0.875. The van der Waals surface area contributed by atoms with Crippen LogP contribution in [0.2, 0.25) is 0 Å². The lowest BCUT2D eigenvalue weighted by molar-refractivity contribution is -0.144. The molecule has 0 bridgehead atoms. The van der Waals surface area contributed by atoms with Crippen molar-refractivity contribution in [2.75, 3.05) is 20.2 Å². The summed E-state index contributed by atoms with van der Waals surface area (Å²) in [6, 6.07) is -0.00354. The van der Waals surface area contributed by atoms with Crippen molar-refractivity contribution < 1.29 is 14.3 Å². The molecule has 21 heavy (non-hydrogen) atoms. The van der Waals surface area contributed by atoms with Crippen molar-refractivity contribution in [2.24, 2.45) is 17.6 Å². The van der Waals surface area contributed by atoms with E-state index < -0.39 is 0 Å². The van der Waals surface area contributed by atoms with Crippen LogP contribution in [0.25, 0.3) is 0 Å². The predicted octanol–water partition coefficient (Wildman–Crippen LogP) is 1.94. The molecule has 2 atom stereocenters. The van der Waals surface area contributed by atoms with Crippen LogP contribution in [0.1, 0.15) is 52.4 Å². The number of carbonyl (C=O) groups is 2. The van der Waals surface area contributed by atoms with Crippen molar-refractivity contribution in [2.45, 2.75) is 58.4 Å². The van der Waals surface area contributed by atoms with E-state index in [1.807, 2.05) is 4.90 Å². The Morgan fingerprint density at radius 2 is 2.05 bits per heavy atom. The monoisotopic (exact) mass is 298 g/mol. The van der Waals surface area contributed by atoms with E-state index in [4.69, 9.17) is 10.5 Å². The lowest BCUT2D eigenvalue weighted by atomic mass is 9.92. The maximum Gasteiger partial charge on any atom is 0.307 e. The van der Waals surface area contributed by atoms with Gasteiger partial charge in [-0.15, -0.1) is 0 Å². The maximum absolute atomic E-state index is 12.5. The molecule has 122 valence electrons. The molecule has 0 aromatic heterocycles. The topological polar surface area (TPSA) is 72.6 Å². The van der Waals surface area contributed by atoms with Crippen LogP contribution >= 0.6 is 0 Å². The average molecular weight is 298 g/mol. The average Bonchev–Trinajstić information content (AvgIpc) is 2.46. The molecule has 1 aliphatic rings. The number of nitrogens with zero attached hydrogens (tertiary/aromatic N) is 1. The molecule has 5 heteroatoms. The van der Waals surface area contributed by atoms with Crippen LogP contribution in [0.15, 0.2) is 0 Å². The normalized spacial score (nSPS) is 20.4. The van der Waals surface area contributed by atoms with Crippen molar-refractivity contribution in [3.8, 4) is 0 Å². The Labute approximate surface area is 128 Å². The van der Waals surface area contributed by atoms with Gasteiger partial charge in [0.2, 0.25) is 5.91 Å². The van der Waals surface area contributed by atoms with Crippen molar-refractivity contribution in [3.63, 3.8) is 0 Å². The number of nitrogens with two attached hydrogens (primary N) is 1. The highest BCUT2D eigenvalue weighted by atomic mass is 16.5. The van der Waals surface area contributed by atoms with Crippen LogP contribution in [0.3, 0.4) is 0 Å². The smallest absolute Gasteiger partial charge is 0.307 e. The van der Waals surface area contributed by atoms with Gasteiger partial charge in [0.25, 0.3) is 0 Å². The summed E-state index contributed by atoms with van der Waals surface area (Å²) in [5.74, 6) is 0.675. The zero-order chi connectivity index (χ0) is 15.8. The van der Waals surface area contributed by atoms with E-state index in [0.717, 1.165) is 32.2 Å². The molecular formula is C16H30N2O3.